The molecule has 0 fully saturated rings. The fourth-order valence-corrected chi connectivity index (χ4v) is 2.14. The average Bonchev–Trinajstić information content (AvgIpc) is 2.39. The Labute approximate surface area is 113 Å². The largest absolute Gasteiger partial charge is 0.502 e. The molecule has 0 aromatic rings. The van der Waals surface area contributed by atoms with E-state index in [0.29, 0.717) is 6.61 Å². The van der Waals surface area contributed by atoms with Crippen LogP contribution in [-0.4, -0.2) is 17.8 Å². The standard InChI is InChI=1S/C16H30O2/c1-5-10-14(12-9-13-18-8-4)15(11-6-2)16(17)7-3/h9,13,16-17H,5-8,10-12H2,1-4H3/b13-9+,15-14-. The van der Waals surface area contributed by atoms with Gasteiger partial charge in [-0.2, -0.15) is 0 Å². The number of hydrogen-bond donors (Lipinski definition) is 1. The highest BCUT2D eigenvalue weighted by Gasteiger charge is 2.12. The van der Waals surface area contributed by atoms with Crippen molar-refractivity contribution in [1.82, 2.24) is 0 Å². The summed E-state index contributed by atoms with van der Waals surface area (Å²) in [6.45, 7) is 9.09. The Kier molecular flexibility index (Phi) is 10.9. The Morgan fingerprint density at radius 2 is 1.78 bits per heavy atom. The van der Waals surface area contributed by atoms with Crippen LogP contribution in [0.5, 0.6) is 0 Å². The van der Waals surface area contributed by atoms with Gasteiger partial charge in [-0.1, -0.05) is 39.2 Å². The number of aliphatic hydroxyl groups is 1. The average molecular weight is 254 g/mol. The smallest absolute Gasteiger partial charge is 0.0845 e. The van der Waals surface area contributed by atoms with Crippen LogP contribution in [0.3, 0.4) is 0 Å². The van der Waals surface area contributed by atoms with Crippen molar-refractivity contribution < 1.29 is 9.84 Å². The lowest BCUT2D eigenvalue weighted by Crippen LogP contribution is -2.11. The van der Waals surface area contributed by atoms with E-state index in [-0.39, 0.29) is 6.10 Å². The first-order valence-corrected chi connectivity index (χ1v) is 7.36. The van der Waals surface area contributed by atoms with Gasteiger partial charge in [0.15, 0.2) is 0 Å². The van der Waals surface area contributed by atoms with Gasteiger partial charge in [0.05, 0.1) is 19.0 Å². The Morgan fingerprint density at radius 1 is 1.11 bits per heavy atom. The molecule has 0 radical (unpaired) electrons. The van der Waals surface area contributed by atoms with Gasteiger partial charge in [0.1, 0.15) is 0 Å². The Morgan fingerprint density at radius 3 is 2.28 bits per heavy atom. The molecule has 0 saturated heterocycles. The van der Waals surface area contributed by atoms with E-state index in [1.54, 1.807) is 6.26 Å². The summed E-state index contributed by atoms with van der Waals surface area (Å²) >= 11 is 0. The lowest BCUT2D eigenvalue weighted by atomic mass is 9.92. The van der Waals surface area contributed by atoms with E-state index in [1.165, 1.54) is 11.1 Å². The number of ether oxygens (including phenoxy) is 1. The topological polar surface area (TPSA) is 29.5 Å². The van der Waals surface area contributed by atoms with Crippen LogP contribution in [-0.2, 0) is 4.74 Å². The second-order valence-electron chi connectivity index (χ2n) is 4.58. The quantitative estimate of drug-likeness (QED) is 0.456. The highest BCUT2D eigenvalue weighted by molar-refractivity contribution is 5.20. The van der Waals surface area contributed by atoms with E-state index in [0.717, 1.165) is 38.5 Å². The highest BCUT2D eigenvalue weighted by atomic mass is 16.5. The summed E-state index contributed by atoms with van der Waals surface area (Å²) in [6, 6.07) is 0. The maximum Gasteiger partial charge on any atom is 0.0845 e. The van der Waals surface area contributed by atoms with Crippen LogP contribution in [0.25, 0.3) is 0 Å². The van der Waals surface area contributed by atoms with E-state index in [9.17, 15) is 5.11 Å². The van der Waals surface area contributed by atoms with E-state index in [1.807, 2.05) is 13.8 Å². The van der Waals surface area contributed by atoms with Gasteiger partial charge in [-0.05, 0) is 44.3 Å². The molecule has 106 valence electrons. The van der Waals surface area contributed by atoms with Crippen molar-refractivity contribution in [3.8, 4) is 0 Å². The van der Waals surface area contributed by atoms with Crippen molar-refractivity contribution in [2.75, 3.05) is 6.61 Å². The van der Waals surface area contributed by atoms with Crippen molar-refractivity contribution in [2.24, 2.45) is 0 Å². The van der Waals surface area contributed by atoms with Gasteiger partial charge in [-0.25, -0.2) is 0 Å². The van der Waals surface area contributed by atoms with Gasteiger partial charge >= 0.3 is 0 Å². The van der Waals surface area contributed by atoms with Crippen molar-refractivity contribution in [2.45, 2.75) is 72.3 Å². The summed E-state index contributed by atoms with van der Waals surface area (Å²) in [4.78, 5) is 0. The summed E-state index contributed by atoms with van der Waals surface area (Å²) in [5.41, 5.74) is 2.65. The molecule has 0 aromatic heterocycles. The van der Waals surface area contributed by atoms with E-state index < -0.39 is 0 Å². The van der Waals surface area contributed by atoms with Crippen LogP contribution in [0.15, 0.2) is 23.5 Å². The second kappa shape index (κ2) is 11.3. The number of allylic oxidation sites excluding steroid dienone is 2. The van der Waals surface area contributed by atoms with Crippen LogP contribution in [0.2, 0.25) is 0 Å². The van der Waals surface area contributed by atoms with Crippen molar-refractivity contribution in [3.05, 3.63) is 23.5 Å². The maximum absolute atomic E-state index is 10.1. The number of hydrogen-bond acceptors (Lipinski definition) is 2. The lowest BCUT2D eigenvalue weighted by molar-refractivity contribution is 0.200. The molecule has 2 heteroatoms. The molecule has 1 N–H and O–H groups in total. The minimum atomic E-state index is -0.271. The van der Waals surface area contributed by atoms with Crippen LogP contribution < -0.4 is 0 Å². The third-order valence-electron chi connectivity index (χ3n) is 3.04. The first kappa shape index (κ1) is 17.2. The normalized spacial score (nSPS) is 14.7. The summed E-state index contributed by atoms with van der Waals surface area (Å²) < 4.78 is 5.22. The van der Waals surface area contributed by atoms with Gasteiger partial charge in [0.2, 0.25) is 0 Å². The Balaban J connectivity index is 4.82. The van der Waals surface area contributed by atoms with Gasteiger partial charge in [-0.15, -0.1) is 0 Å². The lowest BCUT2D eigenvalue weighted by Gasteiger charge is -2.18. The van der Waals surface area contributed by atoms with Crippen molar-refractivity contribution in [1.29, 1.82) is 0 Å². The van der Waals surface area contributed by atoms with E-state index in [4.69, 9.17) is 4.74 Å². The third-order valence-corrected chi connectivity index (χ3v) is 3.04. The van der Waals surface area contributed by atoms with Crippen LogP contribution >= 0.6 is 0 Å². The molecule has 0 aliphatic rings. The minimum Gasteiger partial charge on any atom is -0.502 e. The van der Waals surface area contributed by atoms with Crippen LogP contribution in [0.4, 0.5) is 0 Å². The molecule has 0 rings (SSSR count). The van der Waals surface area contributed by atoms with Crippen molar-refractivity contribution >= 4 is 0 Å². The molecular formula is C16H30O2. The Bertz CT molecular complexity index is 254. The molecule has 2 nitrogen and oxygen atoms in total. The van der Waals surface area contributed by atoms with Gasteiger partial charge < -0.3 is 9.84 Å². The van der Waals surface area contributed by atoms with Gasteiger partial charge in [0.25, 0.3) is 0 Å². The molecule has 0 amide bonds. The molecule has 0 aliphatic carbocycles. The fraction of sp³-hybridized carbons (Fsp3) is 0.750. The molecule has 18 heavy (non-hydrogen) atoms. The Hall–Kier alpha value is -0.760. The number of rotatable bonds is 10. The van der Waals surface area contributed by atoms with Gasteiger partial charge in [0, 0.05) is 0 Å². The van der Waals surface area contributed by atoms with E-state index in [2.05, 4.69) is 19.9 Å². The molecular weight excluding hydrogens is 224 g/mol. The second-order valence-corrected chi connectivity index (χ2v) is 4.58. The summed E-state index contributed by atoms with van der Waals surface area (Å²) in [7, 11) is 0. The minimum absolute atomic E-state index is 0.271. The molecule has 0 aliphatic heterocycles. The zero-order chi connectivity index (χ0) is 13.8. The zero-order valence-electron chi connectivity index (χ0n) is 12.5. The predicted octanol–water partition coefficient (Wildman–Crippen LogP) is 4.59. The molecule has 0 aromatic carbocycles. The predicted molar refractivity (Wildman–Crippen MR) is 78.5 cm³/mol. The summed E-state index contributed by atoms with van der Waals surface area (Å²) in [5, 5.41) is 10.1. The first-order chi connectivity index (χ1) is 8.71. The maximum atomic E-state index is 10.1. The van der Waals surface area contributed by atoms with Crippen molar-refractivity contribution in [3.63, 3.8) is 0 Å². The monoisotopic (exact) mass is 254 g/mol. The molecule has 1 unspecified atom stereocenters. The van der Waals surface area contributed by atoms with Crippen LogP contribution in [0.1, 0.15) is 66.2 Å². The molecule has 0 heterocycles. The fourth-order valence-electron chi connectivity index (χ4n) is 2.14. The molecule has 0 saturated carbocycles. The number of aliphatic hydroxyl groups excluding tert-OH is 1. The molecule has 0 bridgehead atoms. The van der Waals surface area contributed by atoms with Gasteiger partial charge in [-0.3, -0.25) is 0 Å². The summed E-state index contributed by atoms with van der Waals surface area (Å²) in [5.74, 6) is 0. The SMILES string of the molecule is CCC/C(C/C=C/OCC)=C(\CCC)C(O)CC. The molecule has 0 spiro atoms. The zero-order valence-corrected chi connectivity index (χ0v) is 12.5. The molecule has 1 atom stereocenters. The third kappa shape index (κ3) is 6.85. The summed E-state index contributed by atoms with van der Waals surface area (Å²) in [6.07, 6.45) is 9.57. The van der Waals surface area contributed by atoms with E-state index >= 15 is 0 Å². The van der Waals surface area contributed by atoms with Crippen LogP contribution in [0, 0.1) is 0 Å². The highest BCUT2D eigenvalue weighted by Crippen LogP contribution is 2.24. The first-order valence-electron chi connectivity index (χ1n) is 7.36.